The molecule has 0 radical (unpaired) electrons. The van der Waals surface area contributed by atoms with E-state index < -0.39 is 0 Å². The second-order valence-corrected chi connectivity index (χ2v) is 3.90. The summed E-state index contributed by atoms with van der Waals surface area (Å²) >= 11 is 6.22. The third-order valence-electron chi connectivity index (χ3n) is 2.53. The molecule has 2 rings (SSSR count). The lowest BCUT2D eigenvalue weighted by atomic mass is 10.1. The molecule has 0 fully saturated rings. The van der Waals surface area contributed by atoms with Gasteiger partial charge in [-0.2, -0.15) is 5.48 Å². The van der Waals surface area contributed by atoms with Gasteiger partial charge in [0.05, 0.1) is 12.1 Å². The zero-order valence-corrected chi connectivity index (χ0v) is 10.1. The summed E-state index contributed by atoms with van der Waals surface area (Å²) in [6.07, 6.45) is 0. The predicted molar refractivity (Wildman–Crippen MR) is 61.0 cm³/mol. The van der Waals surface area contributed by atoms with Gasteiger partial charge in [0, 0.05) is 6.54 Å². The van der Waals surface area contributed by atoms with Crippen LogP contribution in [-0.2, 0) is 11.4 Å². The van der Waals surface area contributed by atoms with Crippen LogP contribution < -0.4 is 15.0 Å². The monoisotopic (exact) mass is 243 g/mol. The largest absolute Gasteiger partial charge is 0.486 e. The Kier molecular flexibility index (Phi) is 3.53. The van der Waals surface area contributed by atoms with Gasteiger partial charge in [0.2, 0.25) is 0 Å². The van der Waals surface area contributed by atoms with Crippen molar-refractivity contribution in [3.05, 3.63) is 22.2 Å². The minimum Gasteiger partial charge on any atom is -0.486 e. The van der Waals surface area contributed by atoms with E-state index >= 15 is 0 Å². The van der Waals surface area contributed by atoms with E-state index in [9.17, 15) is 0 Å². The minimum absolute atomic E-state index is 0.543. The van der Waals surface area contributed by atoms with Crippen molar-refractivity contribution in [2.75, 3.05) is 20.3 Å². The average Bonchev–Trinajstić information content (AvgIpc) is 2.32. The van der Waals surface area contributed by atoms with Gasteiger partial charge in [-0.05, 0) is 24.1 Å². The first-order valence-electron chi connectivity index (χ1n) is 5.07. The number of fused-ring (bicyclic) bond motifs is 1. The first-order chi connectivity index (χ1) is 7.74. The van der Waals surface area contributed by atoms with Gasteiger partial charge in [-0.25, -0.2) is 0 Å². The molecule has 0 saturated heterocycles. The summed E-state index contributed by atoms with van der Waals surface area (Å²) in [7, 11) is 1.58. The molecule has 88 valence electrons. The highest BCUT2D eigenvalue weighted by atomic mass is 35.5. The molecular formula is C11H14ClNO3. The van der Waals surface area contributed by atoms with Gasteiger partial charge in [-0.15, -0.1) is 0 Å². The van der Waals surface area contributed by atoms with Gasteiger partial charge < -0.3 is 14.3 Å². The smallest absolute Gasteiger partial charge is 0.180 e. The van der Waals surface area contributed by atoms with E-state index in [0.29, 0.717) is 36.3 Å². The highest BCUT2D eigenvalue weighted by Crippen LogP contribution is 2.41. The van der Waals surface area contributed by atoms with Crippen LogP contribution in [-0.4, -0.2) is 20.3 Å². The topological polar surface area (TPSA) is 39.7 Å². The van der Waals surface area contributed by atoms with E-state index in [2.05, 4.69) is 5.48 Å². The number of nitrogens with one attached hydrogen (secondary N) is 1. The maximum absolute atomic E-state index is 6.22. The molecule has 0 aliphatic carbocycles. The van der Waals surface area contributed by atoms with Gasteiger partial charge in [0.1, 0.15) is 13.2 Å². The van der Waals surface area contributed by atoms with Crippen molar-refractivity contribution in [2.24, 2.45) is 0 Å². The molecule has 0 aromatic heterocycles. The van der Waals surface area contributed by atoms with Crippen molar-refractivity contribution < 1.29 is 14.3 Å². The lowest BCUT2D eigenvalue weighted by Gasteiger charge is -2.22. The molecule has 0 atom stereocenters. The molecule has 0 amide bonds. The maximum atomic E-state index is 6.22. The van der Waals surface area contributed by atoms with Crippen LogP contribution in [0.25, 0.3) is 0 Å². The SMILES string of the molecule is CONCc1cc2c(c(Cl)c1C)OCCO2. The summed E-state index contributed by atoms with van der Waals surface area (Å²) < 4.78 is 11.0. The zero-order valence-electron chi connectivity index (χ0n) is 9.30. The van der Waals surface area contributed by atoms with Crippen LogP contribution in [0.1, 0.15) is 11.1 Å². The molecule has 1 aliphatic heterocycles. The molecular weight excluding hydrogens is 230 g/mol. The van der Waals surface area contributed by atoms with E-state index in [1.54, 1.807) is 7.11 Å². The third-order valence-corrected chi connectivity index (χ3v) is 2.99. The summed E-state index contributed by atoms with van der Waals surface area (Å²) in [5, 5.41) is 0.616. The van der Waals surface area contributed by atoms with Crippen LogP contribution >= 0.6 is 11.6 Å². The van der Waals surface area contributed by atoms with Crippen LogP contribution in [0.2, 0.25) is 5.02 Å². The Hall–Kier alpha value is -0.970. The van der Waals surface area contributed by atoms with E-state index in [1.165, 1.54) is 0 Å². The quantitative estimate of drug-likeness (QED) is 0.825. The first-order valence-corrected chi connectivity index (χ1v) is 5.45. The van der Waals surface area contributed by atoms with Gasteiger partial charge in [0.25, 0.3) is 0 Å². The van der Waals surface area contributed by atoms with Crippen molar-refractivity contribution in [2.45, 2.75) is 13.5 Å². The molecule has 5 heteroatoms. The fourth-order valence-corrected chi connectivity index (χ4v) is 1.89. The number of benzene rings is 1. The van der Waals surface area contributed by atoms with Crippen LogP contribution in [0.15, 0.2) is 6.07 Å². The number of halogens is 1. The molecule has 0 saturated carbocycles. The average molecular weight is 244 g/mol. The van der Waals surface area contributed by atoms with Gasteiger partial charge >= 0.3 is 0 Å². The Balaban J connectivity index is 2.36. The van der Waals surface area contributed by atoms with Gasteiger partial charge in [0.15, 0.2) is 11.5 Å². The molecule has 1 aromatic carbocycles. The molecule has 0 spiro atoms. The van der Waals surface area contributed by atoms with E-state index in [0.717, 1.165) is 11.1 Å². The number of ether oxygens (including phenoxy) is 2. The predicted octanol–water partition coefficient (Wildman–Crippen LogP) is 2.07. The number of hydrogen-bond donors (Lipinski definition) is 1. The molecule has 0 unspecified atom stereocenters. The highest BCUT2D eigenvalue weighted by molar-refractivity contribution is 6.33. The molecule has 4 nitrogen and oxygen atoms in total. The molecule has 1 N–H and O–H groups in total. The van der Waals surface area contributed by atoms with Crippen molar-refractivity contribution in [3.8, 4) is 11.5 Å². The number of hydroxylamine groups is 1. The maximum Gasteiger partial charge on any atom is 0.180 e. The lowest BCUT2D eigenvalue weighted by molar-refractivity contribution is 0.0864. The zero-order chi connectivity index (χ0) is 11.5. The standard InChI is InChI=1S/C11H14ClNO3/c1-7-8(6-13-14-2)5-9-11(10(7)12)16-4-3-15-9/h5,13H,3-4,6H2,1-2H3. The van der Waals surface area contributed by atoms with Crippen molar-refractivity contribution >= 4 is 11.6 Å². The fraction of sp³-hybridized carbons (Fsp3) is 0.455. The van der Waals surface area contributed by atoms with Crippen molar-refractivity contribution in [3.63, 3.8) is 0 Å². The molecule has 1 aromatic rings. The lowest BCUT2D eigenvalue weighted by Crippen LogP contribution is -2.18. The second-order valence-electron chi connectivity index (χ2n) is 3.52. The van der Waals surface area contributed by atoms with Crippen molar-refractivity contribution in [1.82, 2.24) is 5.48 Å². The Morgan fingerprint density at radius 3 is 2.94 bits per heavy atom. The fourth-order valence-electron chi connectivity index (χ4n) is 1.62. The van der Waals surface area contributed by atoms with E-state index in [1.807, 2.05) is 13.0 Å². The molecule has 1 aliphatic rings. The van der Waals surface area contributed by atoms with E-state index in [4.69, 9.17) is 25.9 Å². The normalized spacial score (nSPS) is 13.9. The van der Waals surface area contributed by atoms with Gasteiger partial charge in [-0.1, -0.05) is 11.6 Å². The summed E-state index contributed by atoms with van der Waals surface area (Å²) in [5.41, 5.74) is 4.80. The van der Waals surface area contributed by atoms with Crippen LogP contribution in [0.4, 0.5) is 0 Å². The summed E-state index contributed by atoms with van der Waals surface area (Å²) in [6.45, 7) is 3.64. The number of rotatable bonds is 3. The summed E-state index contributed by atoms with van der Waals surface area (Å²) in [4.78, 5) is 4.82. The molecule has 16 heavy (non-hydrogen) atoms. The van der Waals surface area contributed by atoms with E-state index in [-0.39, 0.29) is 0 Å². The highest BCUT2D eigenvalue weighted by Gasteiger charge is 2.19. The Bertz CT molecular complexity index is 395. The van der Waals surface area contributed by atoms with Crippen molar-refractivity contribution in [1.29, 1.82) is 0 Å². The Morgan fingerprint density at radius 2 is 2.19 bits per heavy atom. The second kappa shape index (κ2) is 4.91. The molecule has 1 heterocycles. The third kappa shape index (κ3) is 2.09. The number of hydrogen-bond acceptors (Lipinski definition) is 4. The minimum atomic E-state index is 0.543. The first kappa shape index (κ1) is 11.5. The summed E-state index contributed by atoms with van der Waals surface area (Å²) in [5.74, 6) is 1.35. The Morgan fingerprint density at radius 1 is 1.44 bits per heavy atom. The Labute approximate surface area is 99.4 Å². The van der Waals surface area contributed by atoms with Crippen LogP contribution in [0.3, 0.4) is 0 Å². The molecule has 0 bridgehead atoms. The summed E-state index contributed by atoms with van der Waals surface area (Å²) in [6, 6.07) is 1.93. The van der Waals surface area contributed by atoms with Gasteiger partial charge in [-0.3, -0.25) is 0 Å². The van der Waals surface area contributed by atoms with Crippen LogP contribution in [0, 0.1) is 6.92 Å². The van der Waals surface area contributed by atoms with Crippen LogP contribution in [0.5, 0.6) is 11.5 Å².